The molecule has 0 N–H and O–H groups in total. The summed E-state index contributed by atoms with van der Waals surface area (Å²) in [6.07, 6.45) is -2.88. The number of carbonyl (C=O) groups excluding carboxylic acids is 1. The summed E-state index contributed by atoms with van der Waals surface area (Å²) in [6.45, 7) is 1.15. The third-order valence-corrected chi connectivity index (χ3v) is 2.78. The highest BCUT2D eigenvalue weighted by atomic mass is 79.9. The monoisotopic (exact) mass is 293 g/mol. The molecule has 0 saturated carbocycles. The molecule has 0 aromatic heterocycles. The van der Waals surface area contributed by atoms with Crippen LogP contribution in [-0.2, 0) is 0 Å². The van der Waals surface area contributed by atoms with Gasteiger partial charge in [-0.15, -0.1) is 0 Å². The van der Waals surface area contributed by atoms with Gasteiger partial charge in [-0.05, 0) is 28.9 Å². The van der Waals surface area contributed by atoms with E-state index in [4.69, 9.17) is 0 Å². The molecular weight excluding hydrogens is 288 g/mol. The van der Waals surface area contributed by atoms with Crippen LogP contribution in [0, 0.1) is 10.1 Å². The van der Waals surface area contributed by atoms with Crippen LogP contribution in [-0.4, -0.2) is 10.7 Å². The van der Waals surface area contributed by atoms with Gasteiger partial charge < -0.3 is 0 Å². The Hall–Kier alpha value is -1.37. The first-order valence-electron chi connectivity index (χ1n) is 4.11. The molecule has 1 aromatic rings. The van der Waals surface area contributed by atoms with Crippen molar-refractivity contribution in [3.63, 3.8) is 0 Å². The molecule has 86 valence electrons. The molecule has 0 aliphatic heterocycles. The van der Waals surface area contributed by atoms with Gasteiger partial charge in [0.25, 0.3) is 12.1 Å². The van der Waals surface area contributed by atoms with Crippen LogP contribution >= 0.6 is 15.9 Å². The van der Waals surface area contributed by atoms with Crippen molar-refractivity contribution in [2.75, 3.05) is 0 Å². The van der Waals surface area contributed by atoms with Crippen LogP contribution in [0.5, 0.6) is 0 Å². The van der Waals surface area contributed by atoms with E-state index in [9.17, 15) is 23.7 Å². The molecule has 0 aliphatic carbocycles. The predicted molar refractivity (Wildman–Crippen MR) is 55.8 cm³/mol. The van der Waals surface area contributed by atoms with Crippen LogP contribution < -0.4 is 0 Å². The Kier molecular flexibility index (Phi) is 3.69. The van der Waals surface area contributed by atoms with E-state index in [2.05, 4.69) is 15.9 Å². The molecule has 0 radical (unpaired) electrons. The molecule has 0 atom stereocenters. The van der Waals surface area contributed by atoms with Crippen molar-refractivity contribution in [3.8, 4) is 0 Å². The van der Waals surface area contributed by atoms with E-state index in [0.717, 1.165) is 19.1 Å². The standard InChI is InChI=1S/C9H6BrF2NO3/c1-4(14)5-2-6(9(11)12)8(10)7(3-5)13(15)16/h2-3,9H,1H3. The summed E-state index contributed by atoms with van der Waals surface area (Å²) in [4.78, 5) is 20.8. The van der Waals surface area contributed by atoms with Crippen molar-refractivity contribution >= 4 is 27.4 Å². The molecule has 0 amide bonds. The largest absolute Gasteiger partial charge is 0.295 e. The average molecular weight is 294 g/mol. The molecule has 0 bridgehead atoms. The van der Waals surface area contributed by atoms with E-state index in [1.54, 1.807) is 0 Å². The first-order chi connectivity index (χ1) is 7.34. The van der Waals surface area contributed by atoms with E-state index in [1.807, 2.05) is 0 Å². The Morgan fingerprint density at radius 3 is 2.44 bits per heavy atom. The number of carbonyl (C=O) groups is 1. The Labute approximate surface area is 97.5 Å². The summed E-state index contributed by atoms with van der Waals surface area (Å²) in [5, 5.41) is 10.6. The Bertz CT molecular complexity index is 462. The van der Waals surface area contributed by atoms with Crippen molar-refractivity contribution in [3.05, 3.63) is 37.8 Å². The third-order valence-electron chi connectivity index (χ3n) is 1.92. The van der Waals surface area contributed by atoms with Crippen LogP contribution in [0.25, 0.3) is 0 Å². The van der Waals surface area contributed by atoms with Crippen molar-refractivity contribution in [2.45, 2.75) is 13.3 Å². The summed E-state index contributed by atoms with van der Waals surface area (Å²) < 4.78 is 24.8. The molecule has 1 aromatic carbocycles. The van der Waals surface area contributed by atoms with E-state index < -0.39 is 28.4 Å². The fourth-order valence-corrected chi connectivity index (χ4v) is 1.67. The number of halogens is 3. The first kappa shape index (κ1) is 12.7. The first-order valence-corrected chi connectivity index (χ1v) is 4.90. The Morgan fingerprint density at radius 1 is 1.50 bits per heavy atom. The fourth-order valence-electron chi connectivity index (χ4n) is 1.13. The summed E-state index contributed by atoms with van der Waals surface area (Å²) in [7, 11) is 0. The van der Waals surface area contributed by atoms with Crippen LogP contribution in [0.1, 0.15) is 29.3 Å². The van der Waals surface area contributed by atoms with Gasteiger partial charge in [0.05, 0.1) is 4.92 Å². The van der Waals surface area contributed by atoms with E-state index in [0.29, 0.717) is 0 Å². The van der Waals surface area contributed by atoms with Crippen molar-refractivity contribution < 1.29 is 18.5 Å². The zero-order valence-electron chi connectivity index (χ0n) is 8.04. The van der Waals surface area contributed by atoms with Gasteiger partial charge in [0.15, 0.2) is 5.78 Å². The zero-order valence-corrected chi connectivity index (χ0v) is 9.62. The molecular formula is C9H6BrF2NO3. The second-order valence-corrected chi connectivity index (χ2v) is 3.81. The van der Waals surface area contributed by atoms with Crippen LogP contribution in [0.3, 0.4) is 0 Å². The SMILES string of the molecule is CC(=O)c1cc(C(F)F)c(Br)c([N+](=O)[O-])c1. The Morgan fingerprint density at radius 2 is 2.06 bits per heavy atom. The van der Waals surface area contributed by atoms with Crippen molar-refractivity contribution in [1.82, 2.24) is 0 Å². The molecule has 0 unspecified atom stereocenters. The molecule has 0 spiro atoms. The number of nitro benzene ring substituents is 1. The number of nitro groups is 1. The van der Waals surface area contributed by atoms with Crippen LogP contribution in [0.15, 0.2) is 16.6 Å². The minimum atomic E-state index is -2.88. The van der Waals surface area contributed by atoms with Gasteiger partial charge in [-0.1, -0.05) is 0 Å². The molecule has 0 fully saturated rings. The zero-order chi connectivity index (χ0) is 12.5. The molecule has 0 saturated heterocycles. The summed E-state index contributed by atoms with van der Waals surface area (Å²) in [5.41, 5.74) is -1.20. The molecule has 4 nitrogen and oxygen atoms in total. The highest BCUT2D eigenvalue weighted by Crippen LogP contribution is 2.35. The number of Topliss-reactive ketones (excluding diaryl/α,β-unsaturated/α-hetero) is 1. The molecule has 7 heteroatoms. The third kappa shape index (κ3) is 2.41. The number of alkyl halides is 2. The second kappa shape index (κ2) is 4.65. The lowest BCUT2D eigenvalue weighted by molar-refractivity contribution is -0.385. The minimum Gasteiger partial charge on any atom is -0.295 e. The second-order valence-electron chi connectivity index (χ2n) is 3.01. The normalized spacial score (nSPS) is 10.6. The van der Waals surface area contributed by atoms with Gasteiger partial charge in [-0.2, -0.15) is 0 Å². The number of benzene rings is 1. The lowest BCUT2D eigenvalue weighted by atomic mass is 10.1. The Balaban J connectivity index is 3.51. The number of nitrogens with zero attached hydrogens (tertiary/aromatic N) is 1. The smallest absolute Gasteiger partial charge is 0.284 e. The van der Waals surface area contributed by atoms with Crippen LogP contribution in [0.2, 0.25) is 0 Å². The van der Waals surface area contributed by atoms with E-state index in [-0.39, 0.29) is 10.0 Å². The van der Waals surface area contributed by atoms with Crippen LogP contribution in [0.4, 0.5) is 14.5 Å². The maximum absolute atomic E-state index is 12.6. The lowest BCUT2D eigenvalue weighted by Gasteiger charge is -2.06. The van der Waals surface area contributed by atoms with E-state index in [1.165, 1.54) is 0 Å². The molecule has 0 aliphatic rings. The summed E-state index contributed by atoms with van der Waals surface area (Å²) in [5.74, 6) is -0.502. The highest BCUT2D eigenvalue weighted by Gasteiger charge is 2.23. The summed E-state index contributed by atoms with van der Waals surface area (Å²) >= 11 is 2.73. The summed E-state index contributed by atoms with van der Waals surface area (Å²) in [6, 6.07) is 1.92. The van der Waals surface area contributed by atoms with Gasteiger partial charge in [-0.25, -0.2) is 8.78 Å². The van der Waals surface area contributed by atoms with Gasteiger partial charge in [0, 0.05) is 17.2 Å². The highest BCUT2D eigenvalue weighted by molar-refractivity contribution is 9.10. The number of hydrogen-bond acceptors (Lipinski definition) is 3. The molecule has 0 heterocycles. The number of rotatable bonds is 3. The minimum absolute atomic E-state index is 0.106. The average Bonchev–Trinajstić information content (AvgIpc) is 2.16. The van der Waals surface area contributed by atoms with E-state index >= 15 is 0 Å². The topological polar surface area (TPSA) is 60.2 Å². The van der Waals surface area contributed by atoms with Crippen molar-refractivity contribution in [1.29, 1.82) is 0 Å². The molecule has 16 heavy (non-hydrogen) atoms. The fraction of sp³-hybridized carbons (Fsp3) is 0.222. The molecule has 1 rings (SSSR count). The number of ketones is 1. The van der Waals surface area contributed by atoms with Gasteiger partial charge >= 0.3 is 0 Å². The maximum Gasteiger partial charge on any atom is 0.284 e. The van der Waals surface area contributed by atoms with Crippen molar-refractivity contribution in [2.24, 2.45) is 0 Å². The quantitative estimate of drug-likeness (QED) is 0.487. The van der Waals surface area contributed by atoms with Gasteiger partial charge in [0.1, 0.15) is 4.47 Å². The van der Waals surface area contributed by atoms with Gasteiger partial charge in [-0.3, -0.25) is 14.9 Å². The number of hydrogen-bond donors (Lipinski definition) is 0. The lowest BCUT2D eigenvalue weighted by Crippen LogP contribution is -2.00. The maximum atomic E-state index is 12.6. The van der Waals surface area contributed by atoms with Gasteiger partial charge in [0.2, 0.25) is 0 Å². The predicted octanol–water partition coefficient (Wildman–Crippen LogP) is 3.50.